The number of carbonyl (C=O) groups is 2. The van der Waals surface area contributed by atoms with Crippen LogP contribution in [0.15, 0.2) is 64.4 Å². The lowest BCUT2D eigenvalue weighted by Crippen LogP contribution is -2.22. The molecule has 0 saturated heterocycles. The van der Waals surface area contributed by atoms with E-state index in [0.717, 1.165) is 16.2 Å². The average molecular weight is 341 g/mol. The lowest BCUT2D eigenvalue weighted by molar-refractivity contribution is -0.148. The maximum atomic E-state index is 12.0. The van der Waals surface area contributed by atoms with Crippen LogP contribution < -0.4 is 5.32 Å². The first-order chi connectivity index (χ1) is 11.6. The predicted molar refractivity (Wildman–Crippen MR) is 93.9 cm³/mol. The van der Waals surface area contributed by atoms with Crippen molar-refractivity contribution in [3.63, 3.8) is 0 Å². The molecule has 4 nitrogen and oxygen atoms in total. The minimum absolute atomic E-state index is 0.0290. The Bertz CT molecular complexity index is 732. The summed E-state index contributed by atoms with van der Waals surface area (Å²) < 4.78 is 5.07. The second-order valence-electron chi connectivity index (χ2n) is 5.89. The molecule has 5 heteroatoms. The molecule has 0 heterocycles. The highest BCUT2D eigenvalue weighted by Crippen LogP contribution is 2.38. The molecular weight excluding hydrogens is 322 g/mol. The van der Waals surface area contributed by atoms with Gasteiger partial charge in [0, 0.05) is 9.79 Å². The molecule has 0 unspecified atom stereocenters. The summed E-state index contributed by atoms with van der Waals surface area (Å²) in [5, 5.41) is 2.82. The molecule has 0 aliphatic heterocycles. The average Bonchev–Trinajstić information content (AvgIpc) is 3.32. The molecule has 0 bridgehead atoms. The second kappa shape index (κ2) is 7.53. The summed E-state index contributed by atoms with van der Waals surface area (Å²) in [7, 11) is 0. The van der Waals surface area contributed by atoms with E-state index < -0.39 is 0 Å². The normalized spacial score (nSPS) is 18.7. The molecule has 1 N–H and O–H groups in total. The molecule has 3 rings (SSSR count). The van der Waals surface area contributed by atoms with Crippen LogP contribution in [0.25, 0.3) is 0 Å². The third-order valence-corrected chi connectivity index (χ3v) is 4.97. The van der Waals surface area contributed by atoms with Gasteiger partial charge in [-0.25, -0.2) is 0 Å². The van der Waals surface area contributed by atoms with Gasteiger partial charge in [-0.3, -0.25) is 9.59 Å². The molecule has 1 saturated carbocycles. The Morgan fingerprint density at radius 3 is 2.50 bits per heavy atom. The Labute approximate surface area is 145 Å². The molecule has 124 valence electrons. The van der Waals surface area contributed by atoms with Crippen molar-refractivity contribution < 1.29 is 14.3 Å². The molecule has 0 aromatic heterocycles. The van der Waals surface area contributed by atoms with Crippen LogP contribution in [0.5, 0.6) is 0 Å². The maximum absolute atomic E-state index is 12.0. The highest BCUT2D eigenvalue weighted by Gasteiger charge is 2.40. The molecule has 0 spiro atoms. The van der Waals surface area contributed by atoms with Crippen LogP contribution in [-0.2, 0) is 14.3 Å². The van der Waals surface area contributed by atoms with Gasteiger partial charge in [-0.2, -0.15) is 0 Å². The van der Waals surface area contributed by atoms with Gasteiger partial charge in [0.15, 0.2) is 6.61 Å². The van der Waals surface area contributed by atoms with E-state index in [4.69, 9.17) is 4.74 Å². The molecule has 0 radical (unpaired) electrons. The molecule has 2 aromatic rings. The summed E-state index contributed by atoms with van der Waals surface area (Å²) >= 11 is 1.57. The van der Waals surface area contributed by atoms with Crippen molar-refractivity contribution in [1.29, 1.82) is 0 Å². The highest BCUT2D eigenvalue weighted by molar-refractivity contribution is 7.99. The quantitative estimate of drug-likeness (QED) is 0.808. The summed E-state index contributed by atoms with van der Waals surface area (Å²) in [6, 6.07) is 17.5. The van der Waals surface area contributed by atoms with Crippen LogP contribution in [0.2, 0.25) is 0 Å². The van der Waals surface area contributed by atoms with Gasteiger partial charge in [-0.05, 0) is 36.6 Å². The molecule has 2 aromatic carbocycles. The zero-order chi connectivity index (χ0) is 16.9. The largest absolute Gasteiger partial charge is 0.455 e. The Morgan fingerprint density at radius 1 is 1.12 bits per heavy atom. The Hall–Kier alpha value is -2.27. The number of nitrogens with one attached hydrogen (secondary N) is 1. The first kappa shape index (κ1) is 16.6. The summed E-state index contributed by atoms with van der Waals surface area (Å²) in [4.78, 5) is 25.8. The SMILES string of the molecule is C[C@H]1C[C@@H]1C(=O)OCC(=O)Nc1ccccc1Sc1ccccc1. The first-order valence-electron chi connectivity index (χ1n) is 7.92. The number of anilines is 1. The van der Waals surface area contributed by atoms with E-state index >= 15 is 0 Å². The molecule has 1 aliphatic carbocycles. The smallest absolute Gasteiger partial charge is 0.309 e. The Morgan fingerprint density at radius 2 is 1.79 bits per heavy atom. The minimum atomic E-state index is -0.322. The predicted octanol–water partition coefficient (Wildman–Crippen LogP) is 3.98. The van der Waals surface area contributed by atoms with Crippen LogP contribution in [-0.4, -0.2) is 18.5 Å². The number of carbonyl (C=O) groups excluding carboxylic acids is 2. The van der Waals surface area contributed by atoms with Crippen LogP contribution >= 0.6 is 11.8 Å². The summed E-state index contributed by atoms with van der Waals surface area (Å²) in [6.45, 7) is 1.76. The first-order valence-corrected chi connectivity index (χ1v) is 8.73. The number of hydrogen-bond donors (Lipinski definition) is 1. The van der Waals surface area contributed by atoms with Gasteiger partial charge in [-0.1, -0.05) is 49.0 Å². The number of benzene rings is 2. The van der Waals surface area contributed by atoms with Gasteiger partial charge in [0.1, 0.15) is 0 Å². The lowest BCUT2D eigenvalue weighted by atomic mass is 10.3. The summed E-state index contributed by atoms with van der Waals surface area (Å²) in [5.74, 6) is -0.246. The van der Waals surface area contributed by atoms with E-state index in [-0.39, 0.29) is 24.4 Å². The fourth-order valence-electron chi connectivity index (χ4n) is 2.35. The monoisotopic (exact) mass is 341 g/mol. The fourth-order valence-corrected chi connectivity index (χ4v) is 3.28. The fraction of sp³-hybridized carbons (Fsp3) is 0.263. The van der Waals surface area contributed by atoms with Gasteiger partial charge in [0.05, 0.1) is 11.6 Å². The molecule has 1 amide bonds. The molecular formula is C19H19NO3S. The van der Waals surface area contributed by atoms with Crippen molar-refractivity contribution in [2.45, 2.75) is 23.1 Å². The van der Waals surface area contributed by atoms with E-state index in [1.165, 1.54) is 0 Å². The second-order valence-corrected chi connectivity index (χ2v) is 7.00. The van der Waals surface area contributed by atoms with Gasteiger partial charge >= 0.3 is 5.97 Å². The van der Waals surface area contributed by atoms with Gasteiger partial charge in [0.2, 0.25) is 0 Å². The van der Waals surface area contributed by atoms with Crippen molar-refractivity contribution in [3.05, 3.63) is 54.6 Å². The topological polar surface area (TPSA) is 55.4 Å². The number of hydrogen-bond acceptors (Lipinski definition) is 4. The van der Waals surface area contributed by atoms with E-state index in [9.17, 15) is 9.59 Å². The van der Waals surface area contributed by atoms with Crippen LogP contribution in [0.4, 0.5) is 5.69 Å². The zero-order valence-electron chi connectivity index (χ0n) is 13.4. The van der Waals surface area contributed by atoms with Gasteiger partial charge < -0.3 is 10.1 Å². The molecule has 24 heavy (non-hydrogen) atoms. The number of rotatable bonds is 6. The van der Waals surface area contributed by atoms with Crippen molar-refractivity contribution in [1.82, 2.24) is 0 Å². The van der Waals surface area contributed by atoms with Crippen LogP contribution in [0.3, 0.4) is 0 Å². The number of esters is 1. The van der Waals surface area contributed by atoms with E-state index in [2.05, 4.69) is 5.32 Å². The highest BCUT2D eigenvalue weighted by atomic mass is 32.2. The lowest BCUT2D eigenvalue weighted by Gasteiger charge is -2.11. The molecule has 1 aliphatic rings. The molecule has 1 fully saturated rings. The third kappa shape index (κ3) is 4.38. The van der Waals surface area contributed by atoms with Crippen molar-refractivity contribution in [2.75, 3.05) is 11.9 Å². The van der Waals surface area contributed by atoms with Crippen LogP contribution in [0, 0.1) is 11.8 Å². The van der Waals surface area contributed by atoms with E-state index in [0.29, 0.717) is 11.6 Å². The van der Waals surface area contributed by atoms with Crippen molar-refractivity contribution >= 4 is 29.3 Å². The van der Waals surface area contributed by atoms with Gasteiger partial charge in [-0.15, -0.1) is 0 Å². The Kier molecular flexibility index (Phi) is 5.20. The van der Waals surface area contributed by atoms with Crippen molar-refractivity contribution in [3.8, 4) is 0 Å². The number of amides is 1. The van der Waals surface area contributed by atoms with E-state index in [1.54, 1.807) is 11.8 Å². The molecule has 2 atom stereocenters. The number of ether oxygens (including phenoxy) is 1. The zero-order valence-corrected chi connectivity index (χ0v) is 14.2. The van der Waals surface area contributed by atoms with E-state index in [1.807, 2.05) is 61.5 Å². The minimum Gasteiger partial charge on any atom is -0.455 e. The maximum Gasteiger partial charge on any atom is 0.309 e. The summed E-state index contributed by atoms with van der Waals surface area (Å²) in [5.41, 5.74) is 0.715. The van der Waals surface area contributed by atoms with Crippen LogP contribution in [0.1, 0.15) is 13.3 Å². The standard InChI is InChI=1S/C19H19NO3S/c1-13-11-15(13)19(22)23-12-18(21)20-16-9-5-6-10-17(16)24-14-7-3-2-4-8-14/h2-10,13,15H,11-12H2,1H3,(H,20,21)/t13-,15-/m0/s1. The summed E-state index contributed by atoms with van der Waals surface area (Å²) in [6.07, 6.45) is 0.858. The number of para-hydroxylation sites is 1. The third-order valence-electron chi connectivity index (χ3n) is 3.89. The Balaban J connectivity index is 1.58. The van der Waals surface area contributed by atoms with Gasteiger partial charge in [0.25, 0.3) is 5.91 Å². The van der Waals surface area contributed by atoms with Crippen molar-refractivity contribution in [2.24, 2.45) is 11.8 Å².